The Bertz CT molecular complexity index is 312. The van der Waals surface area contributed by atoms with E-state index in [1.54, 1.807) is 0 Å². The van der Waals surface area contributed by atoms with Crippen LogP contribution in [0.1, 0.15) is 96.8 Å². The molecule has 0 aromatic heterocycles. The van der Waals surface area contributed by atoms with Crippen LogP contribution in [0.2, 0.25) is 0 Å². The van der Waals surface area contributed by atoms with Gasteiger partial charge in [0.2, 0.25) is 0 Å². The molecule has 0 saturated heterocycles. The summed E-state index contributed by atoms with van der Waals surface area (Å²) in [7, 11) is 0. The number of carbonyl (C=O) groups is 2. The van der Waals surface area contributed by atoms with E-state index in [2.05, 4.69) is 23.3 Å². The van der Waals surface area contributed by atoms with Crippen molar-refractivity contribution in [1.29, 1.82) is 0 Å². The molecular weight excluding hydrogens is 292 g/mol. The monoisotopic (exact) mass is 326 g/mol. The zero-order valence-corrected chi connectivity index (χ0v) is 14.8. The van der Waals surface area contributed by atoms with E-state index in [-0.39, 0.29) is 0 Å². The van der Waals surface area contributed by atoms with E-state index in [1.165, 1.54) is 64.2 Å². The predicted molar refractivity (Wildman–Crippen MR) is 92.7 cm³/mol. The van der Waals surface area contributed by atoms with E-state index in [0.717, 1.165) is 25.3 Å². The van der Waals surface area contributed by atoms with Gasteiger partial charge in [0.1, 0.15) is 0 Å². The van der Waals surface area contributed by atoms with Gasteiger partial charge in [-0.15, -0.1) is 0 Å². The Morgan fingerprint density at radius 3 is 1.61 bits per heavy atom. The van der Waals surface area contributed by atoms with E-state index >= 15 is 0 Å². The average molecular weight is 326 g/mol. The number of hydrogen-bond donors (Lipinski definition) is 0. The van der Waals surface area contributed by atoms with Gasteiger partial charge in [-0.05, 0) is 6.42 Å². The molecule has 0 aliphatic carbocycles. The second kappa shape index (κ2) is 17.0. The first-order valence-electron chi connectivity index (χ1n) is 9.24. The molecule has 0 atom stereocenters. The van der Waals surface area contributed by atoms with E-state index in [4.69, 9.17) is 0 Å². The predicted octanol–water partition coefficient (Wildman–Crippen LogP) is 5.66. The molecule has 0 fully saturated rings. The van der Waals surface area contributed by atoms with E-state index in [1.807, 2.05) is 0 Å². The van der Waals surface area contributed by atoms with Gasteiger partial charge >= 0.3 is 11.9 Å². The lowest BCUT2D eigenvalue weighted by molar-refractivity contribution is -0.254. The topological polar surface area (TPSA) is 52.6 Å². The summed E-state index contributed by atoms with van der Waals surface area (Å²) >= 11 is 0. The number of unbranched alkanes of at least 4 members (excludes halogenated alkanes) is 12. The third kappa shape index (κ3) is 16.9. The minimum absolute atomic E-state index is 0.294. The van der Waals surface area contributed by atoms with Gasteiger partial charge in [-0.1, -0.05) is 90.6 Å². The largest absolute Gasteiger partial charge is 0.378 e. The second-order valence-electron chi connectivity index (χ2n) is 6.05. The first-order chi connectivity index (χ1) is 11.2. The summed E-state index contributed by atoms with van der Waals surface area (Å²) in [6.07, 6.45) is 17.6. The van der Waals surface area contributed by atoms with Crippen LogP contribution < -0.4 is 0 Å². The molecule has 23 heavy (non-hydrogen) atoms. The number of carbonyl (C=O) groups excluding carboxylic acids is 2. The standard InChI is InChI=1S/C19H34O4/c1-3-5-6-7-8-9-10-11-12-13-14-15-16-17-19(21)23-22-18(20)4-2/h4H,2-3,5-17H2,1H3. The van der Waals surface area contributed by atoms with Crippen LogP contribution in [0.25, 0.3) is 0 Å². The highest BCUT2D eigenvalue weighted by atomic mass is 17.2. The van der Waals surface area contributed by atoms with Crippen molar-refractivity contribution in [2.24, 2.45) is 0 Å². The van der Waals surface area contributed by atoms with Gasteiger partial charge in [0.25, 0.3) is 0 Å². The van der Waals surface area contributed by atoms with E-state index in [0.29, 0.717) is 6.42 Å². The highest BCUT2D eigenvalue weighted by molar-refractivity contribution is 5.81. The Labute approximate surface area is 141 Å². The molecular formula is C19H34O4. The second-order valence-corrected chi connectivity index (χ2v) is 6.05. The molecule has 0 unspecified atom stereocenters. The Kier molecular flexibility index (Phi) is 16.1. The summed E-state index contributed by atoms with van der Waals surface area (Å²) in [6, 6.07) is 0. The average Bonchev–Trinajstić information content (AvgIpc) is 2.56. The van der Waals surface area contributed by atoms with Gasteiger partial charge in [-0.3, -0.25) is 0 Å². The zero-order valence-electron chi connectivity index (χ0n) is 14.8. The lowest BCUT2D eigenvalue weighted by Crippen LogP contribution is -2.08. The third-order valence-corrected chi connectivity index (χ3v) is 3.87. The number of hydrogen-bond acceptors (Lipinski definition) is 4. The van der Waals surface area contributed by atoms with E-state index in [9.17, 15) is 9.59 Å². The smallest absolute Gasteiger partial charge is 0.247 e. The fourth-order valence-electron chi connectivity index (χ4n) is 2.45. The highest BCUT2D eigenvalue weighted by Gasteiger charge is 2.06. The molecule has 134 valence electrons. The SMILES string of the molecule is C=CC(=O)OOC(=O)CCCCCCCCCCCCCCC. The molecule has 0 aromatic rings. The van der Waals surface area contributed by atoms with E-state index < -0.39 is 11.9 Å². The summed E-state index contributed by atoms with van der Waals surface area (Å²) in [5.74, 6) is -1.24. The van der Waals surface area contributed by atoms with Crippen LogP contribution in [0.4, 0.5) is 0 Å². The third-order valence-electron chi connectivity index (χ3n) is 3.87. The molecule has 0 rings (SSSR count). The first-order valence-corrected chi connectivity index (χ1v) is 9.24. The minimum Gasteiger partial charge on any atom is -0.247 e. The summed E-state index contributed by atoms with van der Waals surface area (Å²) in [6.45, 7) is 5.46. The van der Waals surface area contributed by atoms with Crippen molar-refractivity contribution in [3.05, 3.63) is 12.7 Å². The fraction of sp³-hybridized carbons (Fsp3) is 0.789. The molecule has 0 aromatic carbocycles. The van der Waals surface area contributed by atoms with Gasteiger partial charge in [-0.2, -0.15) is 0 Å². The lowest BCUT2D eigenvalue weighted by Gasteiger charge is -2.03. The van der Waals surface area contributed by atoms with Crippen molar-refractivity contribution in [2.75, 3.05) is 0 Å². The van der Waals surface area contributed by atoms with Crippen LogP contribution in [0.3, 0.4) is 0 Å². The minimum atomic E-state index is -0.747. The molecule has 0 amide bonds. The summed E-state index contributed by atoms with van der Waals surface area (Å²) in [5.41, 5.74) is 0. The Balaban J connectivity index is 3.17. The summed E-state index contributed by atoms with van der Waals surface area (Å²) in [5, 5.41) is 0. The maximum atomic E-state index is 11.2. The van der Waals surface area contributed by atoms with Crippen LogP contribution >= 0.6 is 0 Å². The molecule has 0 radical (unpaired) electrons. The molecule has 4 nitrogen and oxygen atoms in total. The van der Waals surface area contributed by atoms with Crippen LogP contribution in [-0.4, -0.2) is 11.9 Å². The van der Waals surface area contributed by atoms with Gasteiger partial charge in [0, 0.05) is 6.08 Å². The van der Waals surface area contributed by atoms with Crippen LogP contribution in [-0.2, 0) is 19.4 Å². The Morgan fingerprint density at radius 2 is 1.17 bits per heavy atom. The molecule has 0 bridgehead atoms. The molecule has 0 aliphatic rings. The fourth-order valence-corrected chi connectivity index (χ4v) is 2.45. The van der Waals surface area contributed by atoms with Crippen molar-refractivity contribution in [3.8, 4) is 0 Å². The highest BCUT2D eigenvalue weighted by Crippen LogP contribution is 2.13. The maximum Gasteiger partial charge on any atom is 0.378 e. The van der Waals surface area contributed by atoms with Crippen LogP contribution in [0, 0.1) is 0 Å². The maximum absolute atomic E-state index is 11.2. The Hall–Kier alpha value is -1.32. The molecule has 0 N–H and O–H groups in total. The quantitative estimate of drug-likeness (QED) is 0.169. The van der Waals surface area contributed by atoms with Crippen molar-refractivity contribution in [3.63, 3.8) is 0 Å². The van der Waals surface area contributed by atoms with Gasteiger partial charge in [0.15, 0.2) is 0 Å². The molecule has 0 aliphatic heterocycles. The molecule has 0 spiro atoms. The molecule has 0 heterocycles. The summed E-state index contributed by atoms with van der Waals surface area (Å²) < 4.78 is 0. The van der Waals surface area contributed by atoms with Gasteiger partial charge in [0.05, 0.1) is 6.42 Å². The zero-order chi connectivity index (χ0) is 17.2. The Morgan fingerprint density at radius 1 is 0.739 bits per heavy atom. The van der Waals surface area contributed by atoms with Gasteiger partial charge < -0.3 is 0 Å². The lowest BCUT2D eigenvalue weighted by atomic mass is 10.0. The first kappa shape index (κ1) is 21.7. The van der Waals surface area contributed by atoms with Crippen molar-refractivity contribution in [1.82, 2.24) is 0 Å². The molecule has 0 saturated carbocycles. The van der Waals surface area contributed by atoms with Crippen molar-refractivity contribution >= 4 is 11.9 Å². The molecule has 4 heteroatoms. The van der Waals surface area contributed by atoms with Gasteiger partial charge in [-0.25, -0.2) is 19.4 Å². The summed E-state index contributed by atoms with van der Waals surface area (Å²) in [4.78, 5) is 30.5. The normalized spacial score (nSPS) is 10.3. The van der Waals surface area contributed by atoms with Crippen molar-refractivity contribution in [2.45, 2.75) is 96.8 Å². The van der Waals surface area contributed by atoms with Crippen LogP contribution in [0.5, 0.6) is 0 Å². The number of rotatable bonds is 15. The van der Waals surface area contributed by atoms with Crippen LogP contribution in [0.15, 0.2) is 12.7 Å². The van der Waals surface area contributed by atoms with Crippen molar-refractivity contribution < 1.29 is 19.4 Å².